The van der Waals surface area contributed by atoms with Crippen LogP contribution in [0, 0.1) is 6.92 Å². The van der Waals surface area contributed by atoms with Crippen molar-refractivity contribution in [3.8, 4) is 0 Å². The molecule has 17 heavy (non-hydrogen) atoms. The van der Waals surface area contributed by atoms with Crippen LogP contribution < -0.4 is 10.6 Å². The van der Waals surface area contributed by atoms with Gasteiger partial charge in [0.2, 0.25) is 0 Å². The summed E-state index contributed by atoms with van der Waals surface area (Å²) in [6, 6.07) is 6.28. The molecular formula is C14H22N2O. The van der Waals surface area contributed by atoms with Gasteiger partial charge in [0, 0.05) is 24.5 Å². The van der Waals surface area contributed by atoms with E-state index in [0.29, 0.717) is 0 Å². The Bertz CT molecular complexity index is 415. The van der Waals surface area contributed by atoms with Crippen LogP contribution in [0.1, 0.15) is 26.3 Å². The zero-order valence-corrected chi connectivity index (χ0v) is 11.2. The van der Waals surface area contributed by atoms with E-state index in [2.05, 4.69) is 43.9 Å². The molecule has 0 bridgehead atoms. The first-order valence-electron chi connectivity index (χ1n) is 6.16. The fourth-order valence-corrected chi connectivity index (χ4v) is 2.47. The van der Waals surface area contributed by atoms with Crippen molar-refractivity contribution in [1.29, 1.82) is 0 Å². The van der Waals surface area contributed by atoms with E-state index in [1.807, 2.05) is 6.92 Å². The molecule has 0 spiro atoms. The van der Waals surface area contributed by atoms with Gasteiger partial charge >= 0.3 is 0 Å². The topological polar surface area (TPSA) is 38.5 Å². The summed E-state index contributed by atoms with van der Waals surface area (Å²) in [5, 5.41) is 0. The molecule has 1 aliphatic rings. The van der Waals surface area contributed by atoms with Crippen molar-refractivity contribution in [2.24, 2.45) is 0 Å². The summed E-state index contributed by atoms with van der Waals surface area (Å²) in [6.07, 6.45) is 0.251. The second kappa shape index (κ2) is 4.22. The molecule has 1 saturated heterocycles. The molecule has 1 unspecified atom stereocenters. The standard InChI is InChI=1S/C14H22N2O/c1-10-5-6-12(7-13(10)15)16-8-11(2)17-14(3,4)9-16/h5-7,11H,8-9,15H2,1-4H3. The van der Waals surface area contributed by atoms with Crippen molar-refractivity contribution >= 4 is 11.4 Å². The first-order chi connectivity index (χ1) is 7.87. The Morgan fingerprint density at radius 2 is 2.12 bits per heavy atom. The quantitative estimate of drug-likeness (QED) is 0.759. The lowest BCUT2D eigenvalue weighted by Crippen LogP contribution is -2.52. The van der Waals surface area contributed by atoms with E-state index in [9.17, 15) is 0 Å². The van der Waals surface area contributed by atoms with Gasteiger partial charge in [-0.15, -0.1) is 0 Å². The molecule has 2 N–H and O–H groups in total. The SMILES string of the molecule is Cc1ccc(N2CC(C)OC(C)(C)C2)cc1N. The van der Waals surface area contributed by atoms with Crippen molar-refractivity contribution in [2.45, 2.75) is 39.4 Å². The molecule has 1 aliphatic heterocycles. The first-order valence-corrected chi connectivity index (χ1v) is 6.16. The van der Waals surface area contributed by atoms with Gasteiger partial charge in [0.05, 0.1) is 11.7 Å². The van der Waals surface area contributed by atoms with Crippen LogP contribution in [-0.4, -0.2) is 24.8 Å². The Hall–Kier alpha value is -1.22. The van der Waals surface area contributed by atoms with Crippen LogP contribution >= 0.6 is 0 Å². The van der Waals surface area contributed by atoms with Gasteiger partial charge in [-0.3, -0.25) is 0 Å². The van der Waals surface area contributed by atoms with Gasteiger partial charge in [-0.1, -0.05) is 6.07 Å². The Labute approximate surface area is 104 Å². The normalized spacial score (nSPS) is 23.8. The molecule has 94 valence electrons. The number of nitrogens with two attached hydrogens (primary N) is 1. The van der Waals surface area contributed by atoms with Gasteiger partial charge in [-0.2, -0.15) is 0 Å². The molecule has 0 saturated carbocycles. The number of nitrogen functional groups attached to an aromatic ring is 1. The number of benzene rings is 1. The number of rotatable bonds is 1. The molecule has 3 nitrogen and oxygen atoms in total. The van der Waals surface area contributed by atoms with E-state index in [1.165, 1.54) is 5.69 Å². The van der Waals surface area contributed by atoms with E-state index >= 15 is 0 Å². The average molecular weight is 234 g/mol. The van der Waals surface area contributed by atoms with Crippen molar-refractivity contribution in [1.82, 2.24) is 0 Å². The van der Waals surface area contributed by atoms with Crippen molar-refractivity contribution < 1.29 is 4.74 Å². The predicted octanol–water partition coefficient (Wildman–Crippen LogP) is 2.58. The maximum absolute atomic E-state index is 5.97. The molecule has 0 amide bonds. The molecule has 1 aromatic carbocycles. The Morgan fingerprint density at radius 1 is 1.41 bits per heavy atom. The maximum Gasteiger partial charge on any atom is 0.0805 e. The van der Waals surface area contributed by atoms with Crippen LogP contribution in [-0.2, 0) is 4.74 Å². The minimum atomic E-state index is -0.0999. The van der Waals surface area contributed by atoms with Gasteiger partial charge in [0.1, 0.15) is 0 Å². The summed E-state index contributed by atoms with van der Waals surface area (Å²) in [6.45, 7) is 10.2. The Balaban J connectivity index is 2.24. The molecule has 1 aromatic rings. The van der Waals surface area contributed by atoms with E-state index in [4.69, 9.17) is 10.5 Å². The number of hydrogen-bond donors (Lipinski definition) is 1. The zero-order chi connectivity index (χ0) is 12.6. The number of nitrogens with zero attached hydrogens (tertiary/aromatic N) is 1. The molecule has 2 rings (SSSR count). The monoisotopic (exact) mass is 234 g/mol. The molecule has 1 atom stereocenters. The summed E-state index contributed by atoms with van der Waals surface area (Å²) >= 11 is 0. The molecule has 0 radical (unpaired) electrons. The van der Waals surface area contributed by atoms with E-state index in [0.717, 1.165) is 24.3 Å². The number of hydrogen-bond acceptors (Lipinski definition) is 3. The lowest BCUT2D eigenvalue weighted by Gasteiger charge is -2.43. The second-order valence-corrected chi connectivity index (χ2v) is 5.61. The van der Waals surface area contributed by atoms with E-state index in [-0.39, 0.29) is 11.7 Å². The maximum atomic E-state index is 5.97. The van der Waals surface area contributed by atoms with Crippen LogP contribution in [0.15, 0.2) is 18.2 Å². The Morgan fingerprint density at radius 3 is 2.71 bits per heavy atom. The van der Waals surface area contributed by atoms with Crippen molar-refractivity contribution in [3.05, 3.63) is 23.8 Å². The van der Waals surface area contributed by atoms with Crippen LogP contribution in [0.3, 0.4) is 0 Å². The second-order valence-electron chi connectivity index (χ2n) is 5.61. The molecule has 1 heterocycles. The lowest BCUT2D eigenvalue weighted by molar-refractivity contribution is -0.0749. The zero-order valence-electron chi connectivity index (χ0n) is 11.2. The summed E-state index contributed by atoms with van der Waals surface area (Å²) in [7, 11) is 0. The average Bonchev–Trinajstić information content (AvgIpc) is 2.19. The summed E-state index contributed by atoms with van der Waals surface area (Å²) in [5.74, 6) is 0. The Kier molecular flexibility index (Phi) is 3.04. The molecule has 3 heteroatoms. The summed E-state index contributed by atoms with van der Waals surface area (Å²) in [5.41, 5.74) is 9.06. The number of ether oxygens (including phenoxy) is 1. The molecule has 0 aromatic heterocycles. The fourth-order valence-electron chi connectivity index (χ4n) is 2.47. The number of morpholine rings is 1. The third-order valence-electron chi connectivity index (χ3n) is 3.20. The summed E-state index contributed by atoms with van der Waals surface area (Å²) in [4.78, 5) is 2.35. The van der Waals surface area contributed by atoms with Gasteiger partial charge in [-0.05, 0) is 45.4 Å². The highest BCUT2D eigenvalue weighted by molar-refractivity contribution is 5.60. The van der Waals surface area contributed by atoms with Crippen LogP contribution in [0.2, 0.25) is 0 Å². The molecule has 1 fully saturated rings. The largest absolute Gasteiger partial charge is 0.398 e. The highest BCUT2D eigenvalue weighted by Gasteiger charge is 2.31. The number of aryl methyl sites for hydroxylation is 1. The van der Waals surface area contributed by atoms with Gasteiger partial charge in [0.25, 0.3) is 0 Å². The van der Waals surface area contributed by atoms with E-state index < -0.39 is 0 Å². The number of anilines is 2. The smallest absolute Gasteiger partial charge is 0.0805 e. The predicted molar refractivity (Wildman–Crippen MR) is 72.4 cm³/mol. The van der Waals surface area contributed by atoms with Crippen LogP contribution in [0.4, 0.5) is 11.4 Å². The summed E-state index contributed by atoms with van der Waals surface area (Å²) < 4.78 is 5.91. The molecule has 0 aliphatic carbocycles. The van der Waals surface area contributed by atoms with Crippen LogP contribution in [0.5, 0.6) is 0 Å². The van der Waals surface area contributed by atoms with Gasteiger partial charge in [0.15, 0.2) is 0 Å². The minimum Gasteiger partial charge on any atom is -0.398 e. The third kappa shape index (κ3) is 2.72. The van der Waals surface area contributed by atoms with Crippen molar-refractivity contribution in [3.63, 3.8) is 0 Å². The first kappa shape index (κ1) is 12.2. The lowest BCUT2D eigenvalue weighted by atomic mass is 10.0. The van der Waals surface area contributed by atoms with Crippen LogP contribution in [0.25, 0.3) is 0 Å². The highest BCUT2D eigenvalue weighted by atomic mass is 16.5. The third-order valence-corrected chi connectivity index (χ3v) is 3.20. The van der Waals surface area contributed by atoms with Gasteiger partial charge in [-0.25, -0.2) is 0 Å². The van der Waals surface area contributed by atoms with Gasteiger partial charge < -0.3 is 15.4 Å². The van der Waals surface area contributed by atoms with E-state index in [1.54, 1.807) is 0 Å². The highest BCUT2D eigenvalue weighted by Crippen LogP contribution is 2.28. The fraction of sp³-hybridized carbons (Fsp3) is 0.571. The van der Waals surface area contributed by atoms with Crippen molar-refractivity contribution in [2.75, 3.05) is 23.7 Å². The molecular weight excluding hydrogens is 212 g/mol. The minimum absolute atomic E-state index is 0.0999.